The molecule has 0 bridgehead atoms. The Labute approximate surface area is 122 Å². The molecule has 1 aromatic heterocycles. The van der Waals surface area contributed by atoms with Crippen molar-refractivity contribution in [3.05, 3.63) is 16.1 Å². The Morgan fingerprint density at radius 1 is 1.60 bits per heavy atom. The molecular formula is C12H18BN2O4S. The standard InChI is InChI=1S/C12H18BN2O4S/c1-7(2)9(15(3)13-6-16)4-10(17)11-14-8(5-20-11)12(18)19/h5-7,9-10,17H,4H2,1-3H3,(H,18,19)/t9?,10-/m0/s1. The Bertz CT molecular complexity index is 466. The van der Waals surface area contributed by atoms with Crippen molar-refractivity contribution in [1.29, 1.82) is 0 Å². The van der Waals surface area contributed by atoms with Crippen LogP contribution in [0.3, 0.4) is 0 Å². The van der Waals surface area contributed by atoms with Crippen molar-refractivity contribution in [1.82, 2.24) is 9.79 Å². The second-order valence-electron chi connectivity index (χ2n) is 4.89. The molecule has 20 heavy (non-hydrogen) atoms. The fourth-order valence-electron chi connectivity index (χ4n) is 1.98. The van der Waals surface area contributed by atoms with Crippen LogP contribution in [0.4, 0.5) is 0 Å². The van der Waals surface area contributed by atoms with E-state index in [0.29, 0.717) is 17.6 Å². The molecule has 0 aliphatic carbocycles. The van der Waals surface area contributed by atoms with Gasteiger partial charge in [-0.1, -0.05) is 13.8 Å². The van der Waals surface area contributed by atoms with Crippen LogP contribution in [-0.2, 0) is 4.79 Å². The molecule has 2 N–H and O–H groups in total. The van der Waals surface area contributed by atoms with Crippen molar-refractivity contribution >= 4 is 30.9 Å². The zero-order chi connectivity index (χ0) is 15.3. The lowest BCUT2D eigenvalue weighted by atomic mass is 9.86. The molecule has 1 unspecified atom stereocenters. The number of hydrogen-bond acceptors (Lipinski definition) is 6. The lowest BCUT2D eigenvalue weighted by Crippen LogP contribution is -2.40. The molecule has 1 aromatic rings. The highest BCUT2D eigenvalue weighted by molar-refractivity contribution is 7.09. The molecule has 0 saturated heterocycles. The maximum absolute atomic E-state index is 10.8. The van der Waals surface area contributed by atoms with Crippen LogP contribution < -0.4 is 0 Å². The molecule has 1 radical (unpaired) electrons. The van der Waals surface area contributed by atoms with Gasteiger partial charge < -0.3 is 19.8 Å². The van der Waals surface area contributed by atoms with Gasteiger partial charge in [-0.15, -0.1) is 11.3 Å². The molecule has 6 nitrogen and oxygen atoms in total. The fourth-order valence-corrected chi connectivity index (χ4v) is 2.77. The van der Waals surface area contributed by atoms with Crippen LogP contribution in [0.1, 0.15) is 41.9 Å². The van der Waals surface area contributed by atoms with Gasteiger partial charge in [0.05, 0.1) is 6.19 Å². The Kier molecular flexibility index (Phi) is 6.32. The van der Waals surface area contributed by atoms with E-state index in [1.165, 1.54) is 12.8 Å². The van der Waals surface area contributed by atoms with Gasteiger partial charge in [0.1, 0.15) is 11.1 Å². The van der Waals surface area contributed by atoms with Crippen molar-refractivity contribution in [3.63, 3.8) is 0 Å². The number of rotatable bonds is 8. The molecule has 0 fully saturated rings. The minimum Gasteiger partial charge on any atom is -0.476 e. The normalized spacial score (nSPS) is 14.3. The number of aromatic nitrogens is 1. The highest BCUT2D eigenvalue weighted by Crippen LogP contribution is 2.26. The summed E-state index contributed by atoms with van der Waals surface area (Å²) in [6.45, 7) is 3.99. The minimum absolute atomic E-state index is 0.0348. The molecular weight excluding hydrogens is 279 g/mol. The van der Waals surface area contributed by atoms with Gasteiger partial charge in [0.25, 0.3) is 7.41 Å². The van der Waals surface area contributed by atoms with E-state index in [2.05, 4.69) is 4.98 Å². The summed E-state index contributed by atoms with van der Waals surface area (Å²) in [6, 6.07) is -0.0348. The Hall–Kier alpha value is -1.25. The molecule has 1 heterocycles. The highest BCUT2D eigenvalue weighted by Gasteiger charge is 2.25. The third kappa shape index (κ3) is 4.40. The summed E-state index contributed by atoms with van der Waals surface area (Å²) < 4.78 is 0. The Balaban J connectivity index is 2.76. The quantitative estimate of drug-likeness (QED) is 0.550. The van der Waals surface area contributed by atoms with Gasteiger partial charge in [-0.25, -0.2) is 9.78 Å². The van der Waals surface area contributed by atoms with Crippen LogP contribution in [0.2, 0.25) is 0 Å². The van der Waals surface area contributed by atoms with Crippen molar-refractivity contribution in [2.24, 2.45) is 5.92 Å². The molecule has 0 saturated carbocycles. The molecule has 8 heteroatoms. The van der Waals surface area contributed by atoms with Crippen LogP contribution >= 0.6 is 11.3 Å². The number of carboxylic acid groups (broad SMARTS) is 1. The first-order chi connectivity index (χ1) is 9.36. The Morgan fingerprint density at radius 2 is 2.25 bits per heavy atom. The van der Waals surface area contributed by atoms with Crippen molar-refractivity contribution in [3.8, 4) is 0 Å². The number of carbonyl (C=O) groups is 2. The lowest BCUT2D eigenvalue weighted by molar-refractivity contribution is 0.0690. The number of hydrogen-bond donors (Lipinski definition) is 2. The third-order valence-corrected chi connectivity index (χ3v) is 4.03. The molecule has 0 aliphatic heterocycles. The number of carboxylic acids is 1. The zero-order valence-corrected chi connectivity index (χ0v) is 12.5. The smallest absolute Gasteiger partial charge is 0.355 e. The molecule has 1 rings (SSSR count). The largest absolute Gasteiger partial charge is 0.476 e. The summed E-state index contributed by atoms with van der Waals surface area (Å²) in [7, 11) is 3.19. The topological polar surface area (TPSA) is 90.7 Å². The fraction of sp³-hybridized carbons (Fsp3) is 0.583. The van der Waals surface area contributed by atoms with Crippen molar-refractivity contribution in [2.45, 2.75) is 32.4 Å². The van der Waals surface area contributed by atoms with Crippen molar-refractivity contribution < 1.29 is 19.8 Å². The lowest BCUT2D eigenvalue weighted by Gasteiger charge is -2.31. The highest BCUT2D eigenvalue weighted by atomic mass is 32.1. The maximum Gasteiger partial charge on any atom is 0.355 e. The van der Waals surface area contributed by atoms with E-state index >= 15 is 0 Å². The summed E-state index contributed by atoms with van der Waals surface area (Å²) in [5, 5.41) is 20.8. The average molecular weight is 297 g/mol. The van der Waals surface area contributed by atoms with Crippen molar-refractivity contribution in [2.75, 3.05) is 7.05 Å². The molecule has 2 atom stereocenters. The minimum atomic E-state index is -1.11. The molecule has 0 aliphatic rings. The van der Waals surface area contributed by atoms with E-state index in [9.17, 15) is 14.7 Å². The predicted molar refractivity (Wildman–Crippen MR) is 77.5 cm³/mol. The first-order valence-electron chi connectivity index (χ1n) is 6.24. The second kappa shape index (κ2) is 7.51. The molecule has 0 spiro atoms. The second-order valence-corrected chi connectivity index (χ2v) is 5.78. The van der Waals surface area contributed by atoms with Gasteiger partial charge in [0.15, 0.2) is 5.69 Å². The van der Waals surface area contributed by atoms with Crippen LogP contribution in [0.5, 0.6) is 0 Å². The van der Waals surface area contributed by atoms with E-state index in [0.717, 1.165) is 11.3 Å². The number of aliphatic hydroxyl groups excluding tert-OH is 1. The van der Waals surface area contributed by atoms with E-state index in [1.54, 1.807) is 11.9 Å². The summed E-state index contributed by atoms with van der Waals surface area (Å²) in [5.41, 5.74) is -0.0574. The summed E-state index contributed by atoms with van der Waals surface area (Å²) in [6.07, 6.45) is 0.238. The number of carbonyl (C=O) groups excluding carboxylic acids is 1. The molecule has 0 aromatic carbocycles. The van der Waals surface area contributed by atoms with Gasteiger partial charge >= 0.3 is 5.97 Å². The van der Waals surface area contributed by atoms with E-state index in [-0.39, 0.29) is 17.7 Å². The summed E-state index contributed by atoms with van der Waals surface area (Å²) in [4.78, 5) is 27.0. The van der Waals surface area contributed by atoms with Gasteiger partial charge in [-0.3, -0.25) is 0 Å². The summed E-state index contributed by atoms with van der Waals surface area (Å²) in [5.74, 6) is -0.878. The van der Waals surface area contributed by atoms with Gasteiger partial charge in [0, 0.05) is 11.4 Å². The SMILES string of the molecule is CC(C)C(C[C@H](O)c1nc(C(=O)O)cs1)N(C)[B]C=O. The number of thiazole rings is 1. The van der Waals surface area contributed by atoms with Crippen LogP contribution in [0.25, 0.3) is 0 Å². The van der Waals surface area contributed by atoms with Crippen LogP contribution in [0.15, 0.2) is 5.38 Å². The first-order valence-corrected chi connectivity index (χ1v) is 7.12. The van der Waals surface area contributed by atoms with Gasteiger partial charge in [-0.2, -0.15) is 0 Å². The monoisotopic (exact) mass is 297 g/mol. The van der Waals surface area contributed by atoms with Gasteiger partial charge in [0.2, 0.25) is 0 Å². The van der Waals surface area contributed by atoms with Crippen LogP contribution in [-0.4, -0.2) is 52.7 Å². The first kappa shape index (κ1) is 16.8. The number of nitrogens with zero attached hydrogens (tertiary/aromatic N) is 2. The number of aliphatic hydroxyl groups is 1. The summed E-state index contributed by atoms with van der Waals surface area (Å²) >= 11 is 1.12. The molecule has 109 valence electrons. The van der Waals surface area contributed by atoms with Crippen LogP contribution in [0, 0.1) is 5.92 Å². The van der Waals surface area contributed by atoms with E-state index < -0.39 is 12.1 Å². The average Bonchev–Trinajstić information content (AvgIpc) is 2.85. The van der Waals surface area contributed by atoms with E-state index in [1.807, 2.05) is 13.8 Å². The number of aromatic carboxylic acids is 1. The van der Waals surface area contributed by atoms with E-state index in [4.69, 9.17) is 5.11 Å². The molecule has 0 amide bonds. The maximum atomic E-state index is 10.8. The Morgan fingerprint density at radius 3 is 2.70 bits per heavy atom. The van der Waals surface area contributed by atoms with Gasteiger partial charge in [-0.05, 0) is 19.4 Å². The predicted octanol–water partition coefficient (Wildman–Crippen LogP) is 1.03. The zero-order valence-electron chi connectivity index (χ0n) is 11.7. The third-order valence-electron chi connectivity index (χ3n) is 3.08.